The number of hydrazine groups is 1. The summed E-state index contributed by atoms with van der Waals surface area (Å²) in [6.07, 6.45) is 0. The molecule has 10 heavy (non-hydrogen) atoms. The van der Waals surface area contributed by atoms with Crippen molar-refractivity contribution in [3.63, 3.8) is 0 Å². The first-order chi connectivity index (χ1) is 4.86. The van der Waals surface area contributed by atoms with Crippen LogP contribution < -0.4 is 11.3 Å². The van der Waals surface area contributed by atoms with Gasteiger partial charge >= 0.3 is 0 Å². The van der Waals surface area contributed by atoms with Crippen molar-refractivity contribution in [3.05, 3.63) is 35.7 Å². The zero-order valence-electron chi connectivity index (χ0n) is 5.33. The van der Waals surface area contributed by atoms with Crippen LogP contribution in [0.2, 0.25) is 0 Å². The quantitative estimate of drug-likeness (QED) is 0.346. The van der Waals surface area contributed by atoms with Gasteiger partial charge in [-0.05, 0) is 12.1 Å². The molecule has 0 atom stereocenters. The second kappa shape index (κ2) is 2.85. The van der Waals surface area contributed by atoms with E-state index in [-0.39, 0.29) is 0 Å². The standard InChI is InChI=1S/C7H7N3/c1-9-6-3-2-4-7(5-6)10-8/h2-5,10H,8H2. The second-order valence-electron chi connectivity index (χ2n) is 1.81. The summed E-state index contributed by atoms with van der Waals surface area (Å²) in [7, 11) is 0. The number of nitrogen functional groups attached to an aromatic ring is 1. The van der Waals surface area contributed by atoms with Crippen molar-refractivity contribution in [3.8, 4) is 0 Å². The molecular weight excluding hydrogens is 126 g/mol. The maximum atomic E-state index is 6.67. The van der Waals surface area contributed by atoms with E-state index in [1.807, 2.05) is 0 Å². The first-order valence-electron chi connectivity index (χ1n) is 2.81. The highest BCUT2D eigenvalue weighted by atomic mass is 15.2. The van der Waals surface area contributed by atoms with E-state index in [4.69, 9.17) is 12.4 Å². The molecule has 1 aromatic rings. The Morgan fingerprint density at radius 2 is 2.30 bits per heavy atom. The third-order valence-electron chi connectivity index (χ3n) is 1.14. The maximum Gasteiger partial charge on any atom is 0.189 e. The van der Waals surface area contributed by atoms with Crippen molar-refractivity contribution in [2.24, 2.45) is 5.84 Å². The summed E-state index contributed by atoms with van der Waals surface area (Å²) in [4.78, 5) is 3.23. The lowest BCUT2D eigenvalue weighted by Crippen LogP contribution is -2.05. The molecule has 0 aliphatic rings. The topological polar surface area (TPSA) is 42.4 Å². The highest BCUT2D eigenvalue weighted by molar-refractivity contribution is 5.56. The van der Waals surface area contributed by atoms with Crippen LogP contribution in [0.1, 0.15) is 0 Å². The number of nitrogens with one attached hydrogen (secondary N) is 1. The lowest BCUT2D eigenvalue weighted by Gasteiger charge is -1.97. The summed E-state index contributed by atoms with van der Waals surface area (Å²) in [6, 6.07) is 7.00. The SMILES string of the molecule is [C-]#[N+]c1cccc(NN)c1. The molecule has 0 radical (unpaired) electrons. The Balaban J connectivity index is 3.01. The van der Waals surface area contributed by atoms with E-state index in [1.165, 1.54) is 0 Å². The Morgan fingerprint density at radius 3 is 2.90 bits per heavy atom. The van der Waals surface area contributed by atoms with E-state index < -0.39 is 0 Å². The van der Waals surface area contributed by atoms with Crippen molar-refractivity contribution < 1.29 is 0 Å². The molecule has 0 saturated heterocycles. The van der Waals surface area contributed by atoms with Crippen LogP contribution in [-0.2, 0) is 0 Å². The van der Waals surface area contributed by atoms with Gasteiger partial charge in [0, 0.05) is 5.69 Å². The van der Waals surface area contributed by atoms with Crippen molar-refractivity contribution in [2.75, 3.05) is 5.43 Å². The summed E-state index contributed by atoms with van der Waals surface area (Å²) in [6.45, 7) is 6.67. The molecule has 1 aromatic carbocycles. The smallest absolute Gasteiger partial charge is 0.189 e. The van der Waals surface area contributed by atoms with Gasteiger partial charge in [0.2, 0.25) is 0 Å². The van der Waals surface area contributed by atoms with Crippen LogP contribution in [-0.4, -0.2) is 0 Å². The molecule has 3 nitrogen and oxygen atoms in total. The van der Waals surface area contributed by atoms with Gasteiger partial charge in [-0.15, -0.1) is 0 Å². The predicted molar refractivity (Wildman–Crippen MR) is 40.5 cm³/mol. The molecule has 3 N–H and O–H groups in total. The van der Waals surface area contributed by atoms with Crippen molar-refractivity contribution in [1.29, 1.82) is 0 Å². The number of nitrogens with zero attached hydrogens (tertiary/aromatic N) is 1. The van der Waals surface area contributed by atoms with Crippen LogP contribution >= 0.6 is 0 Å². The van der Waals surface area contributed by atoms with E-state index >= 15 is 0 Å². The average molecular weight is 133 g/mol. The van der Waals surface area contributed by atoms with Crippen LogP contribution in [0.25, 0.3) is 4.85 Å². The van der Waals surface area contributed by atoms with Gasteiger partial charge in [0.15, 0.2) is 5.69 Å². The van der Waals surface area contributed by atoms with Crippen molar-refractivity contribution >= 4 is 11.4 Å². The van der Waals surface area contributed by atoms with Crippen LogP contribution in [0.3, 0.4) is 0 Å². The van der Waals surface area contributed by atoms with Crippen LogP contribution in [0.5, 0.6) is 0 Å². The molecule has 0 aromatic heterocycles. The molecule has 0 spiro atoms. The minimum atomic E-state index is 0.593. The van der Waals surface area contributed by atoms with Crippen molar-refractivity contribution in [2.45, 2.75) is 0 Å². The highest BCUT2D eigenvalue weighted by Gasteiger charge is 1.89. The monoisotopic (exact) mass is 133 g/mol. The van der Waals surface area contributed by atoms with E-state index in [9.17, 15) is 0 Å². The zero-order valence-corrected chi connectivity index (χ0v) is 5.33. The van der Waals surface area contributed by atoms with Gasteiger partial charge in [-0.1, -0.05) is 12.1 Å². The van der Waals surface area contributed by atoms with Crippen LogP contribution in [0.4, 0.5) is 11.4 Å². The number of anilines is 1. The van der Waals surface area contributed by atoms with Gasteiger partial charge < -0.3 is 5.43 Å². The minimum Gasteiger partial charge on any atom is -0.325 e. The van der Waals surface area contributed by atoms with E-state index in [2.05, 4.69) is 10.3 Å². The van der Waals surface area contributed by atoms with E-state index in [1.54, 1.807) is 24.3 Å². The van der Waals surface area contributed by atoms with Crippen molar-refractivity contribution in [1.82, 2.24) is 0 Å². The summed E-state index contributed by atoms with van der Waals surface area (Å²) < 4.78 is 0. The number of benzene rings is 1. The lowest BCUT2D eigenvalue weighted by molar-refractivity contribution is 1.35. The molecule has 1 rings (SSSR count). The first kappa shape index (κ1) is 6.59. The third-order valence-corrected chi connectivity index (χ3v) is 1.14. The maximum absolute atomic E-state index is 6.67. The second-order valence-corrected chi connectivity index (χ2v) is 1.81. The molecular formula is C7H7N3. The Kier molecular flexibility index (Phi) is 1.88. The molecule has 50 valence electrons. The minimum absolute atomic E-state index is 0.593. The van der Waals surface area contributed by atoms with Crippen LogP contribution in [0, 0.1) is 6.57 Å². The van der Waals surface area contributed by atoms with E-state index in [0.29, 0.717) is 5.69 Å². The van der Waals surface area contributed by atoms with Gasteiger partial charge in [-0.25, -0.2) is 4.85 Å². The highest BCUT2D eigenvalue weighted by Crippen LogP contribution is 2.15. The Hall–Kier alpha value is -1.53. The van der Waals surface area contributed by atoms with Gasteiger partial charge in [-0.3, -0.25) is 5.84 Å². The summed E-state index contributed by atoms with van der Waals surface area (Å²) in [5.74, 6) is 5.12. The Labute approximate surface area is 59.3 Å². The molecule has 0 fully saturated rings. The average Bonchev–Trinajstić information content (AvgIpc) is 2.05. The summed E-state index contributed by atoms with van der Waals surface area (Å²) in [5.41, 5.74) is 3.81. The molecule has 0 heterocycles. The molecule has 3 heteroatoms. The number of hydrogen-bond donors (Lipinski definition) is 2. The Morgan fingerprint density at radius 1 is 1.50 bits per heavy atom. The Bertz CT molecular complexity index is 262. The van der Waals surface area contributed by atoms with Crippen LogP contribution in [0.15, 0.2) is 24.3 Å². The molecule has 0 aliphatic carbocycles. The third kappa shape index (κ3) is 1.24. The van der Waals surface area contributed by atoms with E-state index in [0.717, 1.165) is 5.69 Å². The van der Waals surface area contributed by atoms with Gasteiger partial charge in [0.1, 0.15) is 0 Å². The molecule has 0 unspecified atom stereocenters. The number of hydrogen-bond acceptors (Lipinski definition) is 2. The van der Waals surface area contributed by atoms with Gasteiger partial charge in [0.25, 0.3) is 0 Å². The molecule has 0 saturated carbocycles. The fourth-order valence-corrected chi connectivity index (χ4v) is 0.665. The summed E-state index contributed by atoms with van der Waals surface area (Å²) in [5, 5.41) is 0. The fourth-order valence-electron chi connectivity index (χ4n) is 0.665. The fraction of sp³-hybridized carbons (Fsp3) is 0. The zero-order chi connectivity index (χ0) is 7.40. The number of nitrogens with two attached hydrogens (primary N) is 1. The first-order valence-corrected chi connectivity index (χ1v) is 2.81. The van der Waals surface area contributed by atoms with Gasteiger partial charge in [-0.2, -0.15) is 0 Å². The normalized spacial score (nSPS) is 8.40. The number of rotatable bonds is 1. The lowest BCUT2D eigenvalue weighted by atomic mass is 10.3. The molecule has 0 aliphatic heterocycles. The molecule has 0 bridgehead atoms. The molecule has 0 amide bonds. The summed E-state index contributed by atoms with van der Waals surface area (Å²) >= 11 is 0. The predicted octanol–water partition coefficient (Wildman–Crippen LogP) is 1.52. The van der Waals surface area contributed by atoms with Gasteiger partial charge in [0.05, 0.1) is 6.57 Å². The largest absolute Gasteiger partial charge is 0.325 e.